The maximum Gasteiger partial charge on any atom is 0.341 e. The molecule has 32 heavy (non-hydrogen) atoms. The fraction of sp³-hybridized carbons (Fsp3) is 0.520. The van der Waals surface area contributed by atoms with Gasteiger partial charge in [0, 0.05) is 10.0 Å². The van der Waals surface area contributed by atoms with Crippen LogP contribution in [0.15, 0.2) is 46.1 Å². The molecule has 0 spiro atoms. The van der Waals surface area contributed by atoms with E-state index in [-0.39, 0.29) is 11.4 Å². The van der Waals surface area contributed by atoms with Crippen molar-refractivity contribution in [1.29, 1.82) is 0 Å². The van der Waals surface area contributed by atoms with Crippen molar-refractivity contribution in [2.75, 3.05) is 7.11 Å². The normalized spacial score (nSPS) is 13.4. The Balaban J connectivity index is 3.49. The number of carbonyl (C=O) groups excluding carboxylic acids is 2. The number of carbonyl (C=O) groups is 2. The van der Waals surface area contributed by atoms with Gasteiger partial charge in [0.2, 0.25) is 5.78 Å². The van der Waals surface area contributed by atoms with E-state index in [1.165, 1.54) is 7.11 Å². The van der Waals surface area contributed by atoms with E-state index in [2.05, 4.69) is 82.8 Å². The van der Waals surface area contributed by atoms with Gasteiger partial charge in [-0.25, -0.2) is 4.79 Å². The molecule has 0 aromatic heterocycles. The summed E-state index contributed by atoms with van der Waals surface area (Å²) in [6.07, 6.45) is 3.35. The number of Topliss-reactive ketones (excluding diaryl/α,β-unsaturated/α-hetero) is 1. The number of ether oxygens (including phenoxy) is 1. The SMILES string of the molecule is COC(=O)/C(=C\C=C\[Si](C)(C)C)C(=O)c1cc(Br)cc(O[Si](C(C)C)(C(C)C)C(C)C)c1. The van der Waals surface area contributed by atoms with Crippen LogP contribution in [-0.4, -0.2) is 35.3 Å². The van der Waals surface area contributed by atoms with Crippen LogP contribution in [0.4, 0.5) is 0 Å². The third-order valence-corrected chi connectivity index (χ3v) is 13.3. The Kier molecular flexibility index (Phi) is 10.4. The lowest BCUT2D eigenvalue weighted by Crippen LogP contribution is -2.50. The largest absolute Gasteiger partial charge is 0.543 e. The van der Waals surface area contributed by atoms with Crippen molar-refractivity contribution in [3.8, 4) is 5.75 Å². The quantitative estimate of drug-likeness (QED) is 0.0581. The predicted molar refractivity (Wildman–Crippen MR) is 143 cm³/mol. The van der Waals surface area contributed by atoms with E-state index in [1.54, 1.807) is 24.3 Å². The molecule has 0 bridgehead atoms. The lowest BCUT2D eigenvalue weighted by Gasteiger charge is -2.42. The van der Waals surface area contributed by atoms with Gasteiger partial charge in [-0.1, -0.05) is 88.9 Å². The number of benzene rings is 1. The van der Waals surface area contributed by atoms with Crippen LogP contribution >= 0.6 is 15.9 Å². The molecule has 0 aliphatic rings. The lowest BCUT2D eigenvalue weighted by molar-refractivity contribution is -0.135. The second kappa shape index (κ2) is 11.6. The zero-order valence-corrected chi connectivity index (χ0v) is 24.8. The summed E-state index contributed by atoms with van der Waals surface area (Å²) in [4.78, 5) is 25.7. The summed E-state index contributed by atoms with van der Waals surface area (Å²) in [6.45, 7) is 19.9. The summed E-state index contributed by atoms with van der Waals surface area (Å²) in [5.74, 6) is -0.366. The minimum absolute atomic E-state index is 0.00568. The fourth-order valence-electron chi connectivity index (χ4n) is 4.25. The molecule has 0 fully saturated rings. The van der Waals surface area contributed by atoms with Crippen molar-refractivity contribution in [1.82, 2.24) is 0 Å². The summed E-state index contributed by atoms with van der Waals surface area (Å²) in [7, 11) is -2.38. The van der Waals surface area contributed by atoms with Gasteiger partial charge in [0.15, 0.2) is 0 Å². The topological polar surface area (TPSA) is 52.6 Å². The molecule has 0 N–H and O–H groups in total. The monoisotopic (exact) mass is 538 g/mol. The number of hydrogen-bond donors (Lipinski definition) is 0. The smallest absolute Gasteiger partial charge is 0.341 e. The Morgan fingerprint density at radius 2 is 1.47 bits per heavy atom. The van der Waals surface area contributed by atoms with Crippen molar-refractivity contribution in [3.63, 3.8) is 0 Å². The van der Waals surface area contributed by atoms with E-state index in [4.69, 9.17) is 9.16 Å². The van der Waals surface area contributed by atoms with Crippen molar-refractivity contribution in [2.45, 2.75) is 77.8 Å². The van der Waals surface area contributed by atoms with Gasteiger partial charge in [0.1, 0.15) is 11.3 Å². The van der Waals surface area contributed by atoms with Crippen LogP contribution in [0.2, 0.25) is 36.3 Å². The summed E-state index contributed by atoms with van der Waals surface area (Å²) < 4.78 is 12.4. The number of ketones is 1. The average Bonchev–Trinajstić information content (AvgIpc) is 2.66. The van der Waals surface area contributed by atoms with Gasteiger partial charge >= 0.3 is 5.97 Å². The van der Waals surface area contributed by atoms with Crippen LogP contribution < -0.4 is 4.43 Å². The van der Waals surface area contributed by atoms with Gasteiger partial charge in [0.05, 0.1) is 15.2 Å². The second-order valence-corrected chi connectivity index (χ2v) is 21.6. The molecule has 0 radical (unpaired) electrons. The number of methoxy groups -OCH3 is 1. The molecule has 0 atom stereocenters. The number of rotatable bonds is 10. The highest BCUT2D eigenvalue weighted by Crippen LogP contribution is 2.43. The minimum atomic E-state index is -2.19. The zero-order chi connectivity index (χ0) is 24.9. The molecule has 1 rings (SSSR count). The molecule has 0 saturated carbocycles. The molecule has 7 heteroatoms. The maximum atomic E-state index is 13.3. The molecule has 0 heterocycles. The van der Waals surface area contributed by atoms with E-state index < -0.39 is 22.4 Å². The maximum absolute atomic E-state index is 13.3. The van der Waals surface area contributed by atoms with Crippen molar-refractivity contribution >= 4 is 44.1 Å². The second-order valence-electron chi connectivity index (χ2n) is 10.2. The number of halogens is 1. The van der Waals surface area contributed by atoms with E-state index in [1.807, 2.05) is 6.07 Å². The van der Waals surface area contributed by atoms with Gasteiger partial charge in [-0.2, -0.15) is 0 Å². The van der Waals surface area contributed by atoms with Crippen LogP contribution in [0.25, 0.3) is 0 Å². The van der Waals surface area contributed by atoms with E-state index in [0.29, 0.717) is 27.9 Å². The Bertz CT molecular complexity index is 859. The highest BCUT2D eigenvalue weighted by atomic mass is 79.9. The highest BCUT2D eigenvalue weighted by Gasteiger charge is 2.47. The van der Waals surface area contributed by atoms with Crippen molar-refractivity contribution in [2.24, 2.45) is 0 Å². The first kappa shape index (κ1) is 28.6. The number of esters is 1. The Hall–Kier alpha value is -1.45. The third kappa shape index (κ3) is 7.28. The molecule has 0 aliphatic heterocycles. The van der Waals surface area contributed by atoms with Crippen LogP contribution in [0.1, 0.15) is 51.9 Å². The van der Waals surface area contributed by atoms with Gasteiger partial charge in [0.25, 0.3) is 8.32 Å². The molecular formula is C25H39BrO4Si2. The molecule has 1 aromatic carbocycles. The molecule has 4 nitrogen and oxygen atoms in total. The summed E-state index contributed by atoms with van der Waals surface area (Å²) >= 11 is 3.52. The first-order chi connectivity index (χ1) is 14.7. The zero-order valence-electron chi connectivity index (χ0n) is 21.2. The van der Waals surface area contributed by atoms with Gasteiger partial charge < -0.3 is 9.16 Å². The Labute approximate surface area is 204 Å². The first-order valence-corrected chi connectivity index (χ1v) is 17.7. The molecule has 0 amide bonds. The minimum Gasteiger partial charge on any atom is -0.543 e. The Morgan fingerprint density at radius 1 is 0.938 bits per heavy atom. The Morgan fingerprint density at radius 3 is 1.91 bits per heavy atom. The van der Waals surface area contributed by atoms with Crippen LogP contribution in [-0.2, 0) is 9.53 Å². The van der Waals surface area contributed by atoms with E-state index in [0.717, 1.165) is 4.47 Å². The highest BCUT2D eigenvalue weighted by molar-refractivity contribution is 9.10. The van der Waals surface area contributed by atoms with Gasteiger partial charge in [-0.3, -0.25) is 4.79 Å². The standard InChI is InChI=1S/C25H39BrO4Si2/c1-17(2)32(18(3)4,19(5)6)30-22-15-20(14-21(26)16-22)24(27)23(25(28)29-7)12-11-13-31(8,9)10/h11-19H,1-10H3/b13-11+,23-12-. The summed E-state index contributed by atoms with van der Waals surface area (Å²) in [5, 5.41) is 0. The molecular weight excluding hydrogens is 500 g/mol. The van der Waals surface area contributed by atoms with Crippen molar-refractivity contribution in [3.05, 3.63) is 51.7 Å². The first-order valence-electron chi connectivity index (χ1n) is 11.2. The average molecular weight is 540 g/mol. The number of hydrogen-bond acceptors (Lipinski definition) is 4. The molecule has 0 aliphatic carbocycles. The molecule has 0 saturated heterocycles. The predicted octanol–water partition coefficient (Wildman–Crippen LogP) is 7.72. The van der Waals surface area contributed by atoms with Gasteiger partial charge in [-0.05, 0) is 40.9 Å². The van der Waals surface area contributed by atoms with Crippen LogP contribution in [0.5, 0.6) is 5.75 Å². The molecule has 1 aromatic rings. The van der Waals surface area contributed by atoms with E-state index >= 15 is 0 Å². The molecule has 0 unspecified atom stereocenters. The van der Waals surface area contributed by atoms with Crippen LogP contribution in [0, 0.1) is 0 Å². The molecule has 178 valence electrons. The number of allylic oxidation sites excluding steroid dienone is 2. The van der Waals surface area contributed by atoms with Crippen LogP contribution in [0.3, 0.4) is 0 Å². The fourth-order valence-corrected chi connectivity index (χ4v) is 10.6. The van der Waals surface area contributed by atoms with Gasteiger partial charge in [-0.15, -0.1) is 0 Å². The lowest BCUT2D eigenvalue weighted by atomic mass is 10.0. The van der Waals surface area contributed by atoms with Crippen molar-refractivity contribution < 1.29 is 18.8 Å². The van der Waals surface area contributed by atoms with E-state index in [9.17, 15) is 9.59 Å². The third-order valence-electron chi connectivity index (χ3n) is 5.64. The summed E-state index contributed by atoms with van der Waals surface area (Å²) in [6, 6.07) is 5.37. The summed E-state index contributed by atoms with van der Waals surface area (Å²) in [5.41, 5.74) is 3.68.